The monoisotopic (exact) mass is 235 g/mol. The van der Waals surface area contributed by atoms with Crippen molar-refractivity contribution in [1.82, 2.24) is 5.32 Å². The zero-order chi connectivity index (χ0) is 11.5. The lowest BCUT2D eigenvalue weighted by Gasteiger charge is -2.18. The van der Waals surface area contributed by atoms with Crippen LogP contribution in [0.2, 0.25) is 0 Å². The van der Waals surface area contributed by atoms with Crippen molar-refractivity contribution < 1.29 is 0 Å². The predicted molar refractivity (Wildman–Crippen MR) is 73.2 cm³/mol. The number of aryl methyl sites for hydroxylation is 2. The molecule has 1 aliphatic heterocycles. The molecule has 1 heterocycles. The van der Waals surface area contributed by atoms with E-state index >= 15 is 0 Å². The summed E-state index contributed by atoms with van der Waals surface area (Å²) < 4.78 is 0. The van der Waals surface area contributed by atoms with Crippen LogP contribution in [0.5, 0.6) is 0 Å². The zero-order valence-electron chi connectivity index (χ0n) is 10.4. The van der Waals surface area contributed by atoms with Crippen LogP contribution < -0.4 is 5.32 Å². The fraction of sp³-hybridized carbons (Fsp3) is 0.571. The molecule has 88 valence electrons. The minimum absolute atomic E-state index is 0.538. The first kappa shape index (κ1) is 12.0. The van der Waals surface area contributed by atoms with Crippen LogP contribution in [0.4, 0.5) is 0 Å². The third-order valence-corrected chi connectivity index (χ3v) is 4.62. The lowest BCUT2D eigenvalue weighted by Crippen LogP contribution is -2.23. The Hall–Kier alpha value is -0.470. The van der Waals surface area contributed by atoms with Gasteiger partial charge in [0.05, 0.1) is 0 Å². The number of benzene rings is 1. The maximum Gasteiger partial charge on any atom is 0.0414 e. The smallest absolute Gasteiger partial charge is 0.0414 e. The molecule has 0 saturated carbocycles. The summed E-state index contributed by atoms with van der Waals surface area (Å²) in [5, 5.41) is 4.46. The van der Waals surface area contributed by atoms with Crippen LogP contribution >= 0.6 is 11.8 Å². The zero-order valence-corrected chi connectivity index (χ0v) is 11.2. The van der Waals surface area contributed by atoms with Crippen LogP contribution in [-0.2, 0) is 0 Å². The first-order valence-electron chi connectivity index (χ1n) is 6.09. The molecule has 2 unspecified atom stereocenters. The molecule has 1 aromatic rings. The first-order chi connectivity index (χ1) is 7.66. The minimum atomic E-state index is 0.538. The van der Waals surface area contributed by atoms with Gasteiger partial charge in [-0.1, -0.05) is 30.7 Å². The summed E-state index contributed by atoms with van der Waals surface area (Å²) in [6, 6.07) is 7.34. The highest BCUT2D eigenvalue weighted by Crippen LogP contribution is 2.28. The number of hydrogen-bond acceptors (Lipinski definition) is 2. The maximum atomic E-state index is 3.67. The number of hydrogen-bond donors (Lipinski definition) is 1. The second-order valence-electron chi connectivity index (χ2n) is 4.80. The molecule has 0 amide bonds. The van der Waals surface area contributed by atoms with E-state index in [1.807, 2.05) is 0 Å². The summed E-state index contributed by atoms with van der Waals surface area (Å²) in [6.45, 7) is 7.86. The largest absolute Gasteiger partial charge is 0.309 e. The molecule has 2 heteroatoms. The highest BCUT2D eigenvalue weighted by Gasteiger charge is 2.18. The Morgan fingerprint density at radius 3 is 2.88 bits per heavy atom. The van der Waals surface area contributed by atoms with Gasteiger partial charge in [-0.25, -0.2) is 0 Å². The lowest BCUT2D eigenvalue weighted by atomic mass is 10.00. The summed E-state index contributed by atoms with van der Waals surface area (Å²) in [5.74, 6) is 1.20. The highest BCUT2D eigenvalue weighted by atomic mass is 32.2. The van der Waals surface area contributed by atoms with E-state index in [2.05, 4.69) is 56.0 Å². The van der Waals surface area contributed by atoms with Gasteiger partial charge in [0, 0.05) is 17.0 Å². The normalized spacial score (nSPS) is 26.4. The van der Waals surface area contributed by atoms with Crippen molar-refractivity contribution in [2.45, 2.75) is 38.5 Å². The number of nitrogens with one attached hydrogen (secondary N) is 1. The predicted octanol–water partition coefficient (Wildman–Crippen LogP) is 3.46. The molecular formula is C14H21NS. The molecule has 1 N–H and O–H groups in total. The fourth-order valence-electron chi connectivity index (χ4n) is 2.28. The van der Waals surface area contributed by atoms with E-state index in [1.165, 1.54) is 28.9 Å². The minimum Gasteiger partial charge on any atom is -0.309 e. The summed E-state index contributed by atoms with van der Waals surface area (Å²) in [6.07, 6.45) is 1.28. The SMILES string of the molecule is Cc1ccc(C2CSC(C)CCN2)c(C)c1. The Balaban J connectivity index is 2.16. The van der Waals surface area contributed by atoms with Gasteiger partial charge in [0.1, 0.15) is 0 Å². The van der Waals surface area contributed by atoms with Gasteiger partial charge in [0.15, 0.2) is 0 Å². The average Bonchev–Trinajstić information content (AvgIpc) is 2.43. The third kappa shape index (κ3) is 2.80. The molecular weight excluding hydrogens is 214 g/mol. The molecule has 1 fully saturated rings. The summed E-state index contributed by atoms with van der Waals surface area (Å²) in [4.78, 5) is 0. The van der Waals surface area contributed by atoms with Crippen LogP contribution in [0.15, 0.2) is 18.2 Å². The Bertz CT molecular complexity index is 362. The average molecular weight is 235 g/mol. The van der Waals surface area contributed by atoms with Crippen molar-refractivity contribution in [3.63, 3.8) is 0 Å². The Kier molecular flexibility index (Phi) is 3.93. The second kappa shape index (κ2) is 5.24. The topological polar surface area (TPSA) is 12.0 Å². The van der Waals surface area contributed by atoms with E-state index in [1.54, 1.807) is 0 Å². The Labute approximate surface area is 103 Å². The quantitative estimate of drug-likeness (QED) is 0.800. The van der Waals surface area contributed by atoms with Crippen molar-refractivity contribution in [2.24, 2.45) is 0 Å². The molecule has 1 aromatic carbocycles. The molecule has 2 atom stereocenters. The summed E-state index contributed by atoms with van der Waals surface area (Å²) >= 11 is 2.09. The van der Waals surface area contributed by atoms with Gasteiger partial charge in [0.25, 0.3) is 0 Å². The van der Waals surface area contributed by atoms with Crippen LogP contribution in [0.3, 0.4) is 0 Å². The van der Waals surface area contributed by atoms with Crippen molar-refractivity contribution >= 4 is 11.8 Å². The van der Waals surface area contributed by atoms with Crippen LogP contribution in [0.1, 0.15) is 36.1 Å². The first-order valence-corrected chi connectivity index (χ1v) is 7.14. The van der Waals surface area contributed by atoms with E-state index in [-0.39, 0.29) is 0 Å². The molecule has 0 aliphatic carbocycles. The van der Waals surface area contributed by atoms with Gasteiger partial charge in [0.2, 0.25) is 0 Å². The fourth-order valence-corrected chi connectivity index (χ4v) is 3.38. The Morgan fingerprint density at radius 1 is 1.31 bits per heavy atom. The van der Waals surface area contributed by atoms with Gasteiger partial charge in [-0.2, -0.15) is 11.8 Å². The number of thioether (sulfide) groups is 1. The van der Waals surface area contributed by atoms with Gasteiger partial charge in [-0.3, -0.25) is 0 Å². The molecule has 0 bridgehead atoms. The molecule has 1 aliphatic rings. The molecule has 0 aromatic heterocycles. The van der Waals surface area contributed by atoms with Crippen molar-refractivity contribution in [1.29, 1.82) is 0 Å². The standard InChI is InChI=1S/C14H21NS/c1-10-4-5-13(11(2)8-10)14-9-16-12(3)6-7-15-14/h4-5,8,12,14-15H,6-7,9H2,1-3H3. The van der Waals surface area contributed by atoms with Gasteiger partial charge in [-0.15, -0.1) is 0 Å². The van der Waals surface area contributed by atoms with Crippen LogP contribution in [0, 0.1) is 13.8 Å². The highest BCUT2D eigenvalue weighted by molar-refractivity contribution is 7.99. The molecule has 1 nitrogen and oxygen atoms in total. The second-order valence-corrected chi connectivity index (χ2v) is 6.27. The molecule has 1 saturated heterocycles. The number of rotatable bonds is 1. The van der Waals surface area contributed by atoms with Crippen molar-refractivity contribution in [2.75, 3.05) is 12.3 Å². The van der Waals surface area contributed by atoms with Crippen LogP contribution in [-0.4, -0.2) is 17.5 Å². The van der Waals surface area contributed by atoms with Crippen molar-refractivity contribution in [3.05, 3.63) is 34.9 Å². The van der Waals surface area contributed by atoms with Gasteiger partial charge >= 0.3 is 0 Å². The van der Waals surface area contributed by atoms with E-state index < -0.39 is 0 Å². The Morgan fingerprint density at radius 2 is 2.12 bits per heavy atom. The van der Waals surface area contributed by atoms with E-state index in [9.17, 15) is 0 Å². The van der Waals surface area contributed by atoms with Crippen LogP contribution in [0.25, 0.3) is 0 Å². The van der Waals surface area contributed by atoms with E-state index in [0.29, 0.717) is 6.04 Å². The lowest BCUT2D eigenvalue weighted by molar-refractivity contribution is 0.576. The van der Waals surface area contributed by atoms with Gasteiger partial charge < -0.3 is 5.32 Å². The molecule has 2 rings (SSSR count). The molecule has 0 radical (unpaired) electrons. The van der Waals surface area contributed by atoms with E-state index in [4.69, 9.17) is 0 Å². The van der Waals surface area contributed by atoms with Crippen molar-refractivity contribution in [3.8, 4) is 0 Å². The molecule has 0 spiro atoms. The summed E-state index contributed by atoms with van der Waals surface area (Å²) in [7, 11) is 0. The van der Waals surface area contributed by atoms with Gasteiger partial charge in [-0.05, 0) is 37.9 Å². The maximum absolute atomic E-state index is 3.67. The van der Waals surface area contributed by atoms with E-state index in [0.717, 1.165) is 11.8 Å². The summed E-state index contributed by atoms with van der Waals surface area (Å²) in [5.41, 5.74) is 4.26. The molecule has 16 heavy (non-hydrogen) atoms. The third-order valence-electron chi connectivity index (χ3n) is 3.29.